The molecule has 0 aliphatic heterocycles. The van der Waals surface area contributed by atoms with Gasteiger partial charge in [-0.2, -0.15) is 0 Å². The number of methoxy groups -OCH3 is 1. The maximum Gasteiger partial charge on any atom is 0.362 e. The third-order valence-electron chi connectivity index (χ3n) is 2.31. The van der Waals surface area contributed by atoms with Crippen LogP contribution in [-0.4, -0.2) is 30.0 Å². The highest BCUT2D eigenvalue weighted by atomic mass is 19.1. The van der Waals surface area contributed by atoms with E-state index >= 15 is 0 Å². The van der Waals surface area contributed by atoms with E-state index in [0.717, 1.165) is 12.1 Å². The zero-order chi connectivity index (χ0) is 13.9. The van der Waals surface area contributed by atoms with E-state index in [1.165, 1.54) is 7.11 Å². The van der Waals surface area contributed by atoms with E-state index in [2.05, 4.69) is 10.5 Å². The largest absolute Gasteiger partial charge is 0.497 e. The van der Waals surface area contributed by atoms with Crippen LogP contribution in [-0.2, 0) is 4.79 Å². The van der Waals surface area contributed by atoms with Crippen molar-refractivity contribution in [1.82, 2.24) is 0 Å². The van der Waals surface area contributed by atoms with Crippen LogP contribution in [0.15, 0.2) is 12.1 Å². The Morgan fingerprint density at radius 3 is 2.28 bits per heavy atom. The number of carboxylic acid groups (broad SMARTS) is 1. The molecule has 0 bridgehead atoms. The summed E-state index contributed by atoms with van der Waals surface area (Å²) < 4.78 is 31.6. The molecule has 7 heteroatoms. The Labute approximate surface area is 101 Å². The molecule has 0 aromatic heterocycles. The van der Waals surface area contributed by atoms with Gasteiger partial charge < -0.3 is 15.6 Å². The zero-order valence-corrected chi connectivity index (χ0v) is 9.57. The molecule has 0 unspecified atom stereocenters. The van der Waals surface area contributed by atoms with E-state index in [9.17, 15) is 18.4 Å². The van der Waals surface area contributed by atoms with Crippen LogP contribution >= 0.6 is 0 Å². The summed E-state index contributed by atoms with van der Waals surface area (Å²) >= 11 is 0. The van der Waals surface area contributed by atoms with Crippen molar-refractivity contribution in [3.8, 4) is 5.75 Å². The number of benzene rings is 1. The Balaban J connectivity index is 3.03. The number of halogens is 2. The van der Waals surface area contributed by atoms with Crippen LogP contribution in [0.3, 0.4) is 0 Å². The fourth-order valence-corrected chi connectivity index (χ4v) is 1.35. The van der Waals surface area contributed by atoms with Crippen molar-refractivity contribution in [2.75, 3.05) is 7.11 Å². The lowest BCUT2D eigenvalue weighted by atomic mass is 10.0. The fraction of sp³-hybridized carbons (Fsp3) is 0.273. The fourth-order valence-electron chi connectivity index (χ4n) is 1.35. The molecule has 0 amide bonds. The van der Waals surface area contributed by atoms with Crippen molar-refractivity contribution in [3.05, 3.63) is 29.3 Å². The average Bonchev–Trinajstić information content (AvgIpc) is 2.27. The van der Waals surface area contributed by atoms with E-state index in [0.29, 0.717) is 0 Å². The summed E-state index contributed by atoms with van der Waals surface area (Å²) in [5.74, 6) is -4.50. The number of aliphatic carboxylic acids is 1. The van der Waals surface area contributed by atoms with E-state index in [4.69, 9.17) is 5.11 Å². The lowest BCUT2D eigenvalue weighted by Gasteiger charge is -2.07. The molecule has 0 aliphatic carbocycles. The number of ketones is 1. The molecular weight excluding hydrogens is 248 g/mol. The number of Topliss-reactive ketones (excluding diaryl/α,β-unsaturated/α-hetero) is 1. The minimum atomic E-state index is -1.31. The second-order valence-corrected chi connectivity index (χ2v) is 3.63. The summed E-state index contributed by atoms with van der Waals surface area (Å²) in [6.45, 7) is 0. The minimum absolute atomic E-state index is 0.0639. The molecule has 98 valence electrons. The number of quaternary nitrogens is 1. The average molecular weight is 260 g/mol. The Morgan fingerprint density at radius 2 is 1.89 bits per heavy atom. The molecule has 4 N–H and O–H groups in total. The summed E-state index contributed by atoms with van der Waals surface area (Å²) in [6.07, 6.45) is -0.574. The Bertz CT molecular complexity index is 467. The monoisotopic (exact) mass is 260 g/mol. The molecule has 0 heterocycles. The first kappa shape index (κ1) is 14.0. The number of rotatable bonds is 5. The van der Waals surface area contributed by atoms with Crippen LogP contribution < -0.4 is 10.5 Å². The van der Waals surface area contributed by atoms with Crippen LogP contribution in [0.4, 0.5) is 8.78 Å². The number of carbonyl (C=O) groups excluding carboxylic acids is 1. The number of hydrogen-bond acceptors (Lipinski definition) is 3. The highest BCUT2D eigenvalue weighted by molar-refractivity contribution is 5.98. The normalized spacial score (nSPS) is 12.0. The van der Waals surface area contributed by atoms with Gasteiger partial charge in [-0.25, -0.2) is 13.6 Å². The highest BCUT2D eigenvalue weighted by Gasteiger charge is 2.25. The third kappa shape index (κ3) is 3.01. The lowest BCUT2D eigenvalue weighted by molar-refractivity contribution is -0.405. The molecule has 0 aliphatic rings. The maximum atomic E-state index is 13.5. The molecule has 0 saturated heterocycles. The molecular formula is C11H12F2NO4+. The van der Waals surface area contributed by atoms with Crippen LogP contribution in [0.5, 0.6) is 5.75 Å². The van der Waals surface area contributed by atoms with Crippen LogP contribution in [0.1, 0.15) is 16.8 Å². The second-order valence-electron chi connectivity index (χ2n) is 3.63. The lowest BCUT2D eigenvalue weighted by Crippen LogP contribution is -2.65. The quantitative estimate of drug-likeness (QED) is 0.742. The maximum absolute atomic E-state index is 13.5. The van der Waals surface area contributed by atoms with Gasteiger partial charge in [-0.15, -0.1) is 0 Å². The number of ether oxygens (including phenoxy) is 1. The topological polar surface area (TPSA) is 91.2 Å². The molecule has 18 heavy (non-hydrogen) atoms. The van der Waals surface area contributed by atoms with Gasteiger partial charge in [0.25, 0.3) is 0 Å². The highest BCUT2D eigenvalue weighted by Crippen LogP contribution is 2.21. The van der Waals surface area contributed by atoms with Gasteiger partial charge in [-0.3, -0.25) is 4.79 Å². The molecule has 1 atom stereocenters. The van der Waals surface area contributed by atoms with E-state index < -0.39 is 41.4 Å². The van der Waals surface area contributed by atoms with E-state index in [-0.39, 0.29) is 5.75 Å². The molecule has 5 nitrogen and oxygen atoms in total. The third-order valence-corrected chi connectivity index (χ3v) is 2.31. The summed E-state index contributed by atoms with van der Waals surface area (Å²) in [6, 6.07) is 0.461. The molecule has 0 spiro atoms. The van der Waals surface area contributed by atoms with Crippen molar-refractivity contribution < 1.29 is 33.9 Å². The summed E-state index contributed by atoms with van der Waals surface area (Å²) in [4.78, 5) is 22.1. The van der Waals surface area contributed by atoms with Crippen molar-refractivity contribution in [2.24, 2.45) is 0 Å². The predicted octanol–water partition coefficient (Wildman–Crippen LogP) is 0.241. The van der Waals surface area contributed by atoms with Crippen molar-refractivity contribution in [3.63, 3.8) is 0 Å². The minimum Gasteiger partial charge on any atom is -0.497 e. The zero-order valence-electron chi connectivity index (χ0n) is 9.57. The first-order valence-electron chi connectivity index (χ1n) is 4.99. The smallest absolute Gasteiger partial charge is 0.362 e. The number of carbonyl (C=O) groups is 2. The van der Waals surface area contributed by atoms with Gasteiger partial charge in [0.2, 0.25) is 0 Å². The van der Waals surface area contributed by atoms with Crippen LogP contribution in [0.25, 0.3) is 0 Å². The Kier molecular flexibility index (Phi) is 4.33. The second kappa shape index (κ2) is 5.54. The van der Waals surface area contributed by atoms with Crippen molar-refractivity contribution >= 4 is 11.8 Å². The first-order chi connectivity index (χ1) is 8.36. The number of hydrogen-bond donors (Lipinski definition) is 2. The van der Waals surface area contributed by atoms with Crippen LogP contribution in [0.2, 0.25) is 0 Å². The van der Waals surface area contributed by atoms with Gasteiger partial charge in [0, 0.05) is 12.1 Å². The molecule has 1 aromatic rings. The van der Waals surface area contributed by atoms with Gasteiger partial charge in [-0.1, -0.05) is 0 Å². The van der Waals surface area contributed by atoms with E-state index in [1.54, 1.807) is 0 Å². The molecule has 1 rings (SSSR count). The molecule has 0 saturated carbocycles. The molecule has 0 radical (unpaired) electrons. The Hall–Kier alpha value is -2.02. The molecule has 1 aromatic carbocycles. The summed E-state index contributed by atoms with van der Waals surface area (Å²) in [5.41, 5.74) is 2.43. The van der Waals surface area contributed by atoms with Crippen molar-refractivity contribution in [2.45, 2.75) is 12.5 Å². The SMILES string of the molecule is COc1cc(F)c(C(=O)C[C@@H]([NH3+])C(=O)O)c(F)c1. The Morgan fingerprint density at radius 1 is 1.39 bits per heavy atom. The van der Waals surface area contributed by atoms with Crippen molar-refractivity contribution in [1.29, 1.82) is 0 Å². The first-order valence-corrected chi connectivity index (χ1v) is 4.99. The standard InChI is InChI=1S/C11H11F2NO4/c1-18-5-2-6(12)10(7(13)3-5)9(15)4-8(14)11(16)17/h2-3,8H,4,14H2,1H3,(H,16,17)/p+1/t8-/m1/s1. The van der Waals surface area contributed by atoms with E-state index in [1.807, 2.05) is 0 Å². The van der Waals surface area contributed by atoms with Gasteiger partial charge >= 0.3 is 5.97 Å². The summed E-state index contributed by atoms with van der Waals surface area (Å²) in [5, 5.41) is 8.58. The van der Waals surface area contributed by atoms with Gasteiger partial charge in [0.05, 0.1) is 19.1 Å². The van der Waals surface area contributed by atoms with Gasteiger partial charge in [-0.05, 0) is 0 Å². The number of carboxylic acids is 1. The van der Waals surface area contributed by atoms with Gasteiger partial charge in [0.15, 0.2) is 11.8 Å². The predicted molar refractivity (Wildman–Crippen MR) is 56.2 cm³/mol. The molecule has 0 fully saturated rings. The van der Waals surface area contributed by atoms with Crippen LogP contribution in [0, 0.1) is 11.6 Å². The van der Waals surface area contributed by atoms with Gasteiger partial charge in [0.1, 0.15) is 17.4 Å². The summed E-state index contributed by atoms with van der Waals surface area (Å²) in [7, 11) is 1.23.